The maximum Gasteiger partial charge on any atom is 0.0406 e. The van der Waals surface area contributed by atoms with Crippen LogP contribution in [0.1, 0.15) is 45.1 Å². The molecule has 2 rings (SSSR count). The van der Waals surface area contributed by atoms with Crippen LogP contribution in [0.4, 0.5) is 0 Å². The van der Waals surface area contributed by atoms with Gasteiger partial charge in [-0.05, 0) is 63.1 Å². The number of halogens is 1. The highest BCUT2D eigenvalue weighted by Gasteiger charge is 2.35. The Bertz CT molecular complexity index is 429. The zero-order valence-corrected chi connectivity index (χ0v) is 12.9. The van der Waals surface area contributed by atoms with Crippen LogP contribution in [-0.2, 0) is 10.8 Å². The molecular formula is C15H21ClOS. The lowest BCUT2D eigenvalue weighted by Crippen LogP contribution is -2.27. The van der Waals surface area contributed by atoms with Gasteiger partial charge < -0.3 is 0 Å². The summed E-state index contributed by atoms with van der Waals surface area (Å²) in [5.41, 5.74) is 1.29. The van der Waals surface area contributed by atoms with Crippen molar-refractivity contribution in [3.63, 3.8) is 0 Å². The van der Waals surface area contributed by atoms with Crippen LogP contribution in [0.2, 0.25) is 5.02 Å². The summed E-state index contributed by atoms with van der Waals surface area (Å²) in [5, 5.41) is 0.769. The van der Waals surface area contributed by atoms with E-state index in [0.29, 0.717) is 5.92 Å². The molecule has 3 heteroatoms. The zero-order valence-electron chi connectivity index (χ0n) is 11.3. The summed E-state index contributed by atoms with van der Waals surface area (Å²) in [6.07, 6.45) is 2.54. The highest BCUT2D eigenvalue weighted by molar-refractivity contribution is 7.86. The standard InChI is InChI=1S/C15H21ClOS/c1-15(2,3)18(17)10-14(11-4-5-11)12-6-8-13(16)9-7-12/h6-9,11,14H,4-5,10H2,1-3H3/t14?,18-/m1/s1. The molecule has 0 heterocycles. The maximum absolute atomic E-state index is 12.3. The first-order valence-corrected chi connectivity index (χ1v) is 8.21. The Morgan fingerprint density at radius 1 is 1.28 bits per heavy atom. The van der Waals surface area contributed by atoms with Crippen LogP contribution in [0, 0.1) is 5.92 Å². The summed E-state index contributed by atoms with van der Waals surface area (Å²) >= 11 is 5.93. The highest BCUT2D eigenvalue weighted by atomic mass is 35.5. The van der Waals surface area contributed by atoms with Gasteiger partial charge in [0.25, 0.3) is 0 Å². The molecule has 0 aliphatic heterocycles. The first kappa shape index (κ1) is 14.1. The van der Waals surface area contributed by atoms with Gasteiger partial charge >= 0.3 is 0 Å². The average molecular weight is 285 g/mol. The van der Waals surface area contributed by atoms with Crippen LogP contribution in [-0.4, -0.2) is 14.7 Å². The Balaban J connectivity index is 2.14. The number of rotatable bonds is 4. The van der Waals surface area contributed by atoms with Crippen LogP contribution >= 0.6 is 11.6 Å². The van der Waals surface area contributed by atoms with Crippen LogP contribution in [0.15, 0.2) is 24.3 Å². The van der Waals surface area contributed by atoms with E-state index < -0.39 is 10.8 Å². The van der Waals surface area contributed by atoms with Gasteiger partial charge in [0.1, 0.15) is 0 Å². The second-order valence-electron chi connectivity index (χ2n) is 6.12. The molecule has 1 saturated carbocycles. The topological polar surface area (TPSA) is 17.1 Å². The molecule has 1 fully saturated rings. The van der Waals surface area contributed by atoms with E-state index in [9.17, 15) is 4.21 Å². The molecule has 2 atom stereocenters. The van der Waals surface area contributed by atoms with E-state index in [2.05, 4.69) is 32.9 Å². The molecule has 1 aromatic carbocycles. The number of hydrogen-bond donors (Lipinski definition) is 0. The fourth-order valence-electron chi connectivity index (χ4n) is 2.13. The van der Waals surface area contributed by atoms with Crippen LogP contribution in [0.5, 0.6) is 0 Å². The Morgan fingerprint density at radius 3 is 2.28 bits per heavy atom. The van der Waals surface area contributed by atoms with Gasteiger partial charge in [0.2, 0.25) is 0 Å². The lowest BCUT2D eigenvalue weighted by Gasteiger charge is -2.23. The van der Waals surface area contributed by atoms with Crippen molar-refractivity contribution in [3.05, 3.63) is 34.9 Å². The van der Waals surface area contributed by atoms with Gasteiger partial charge in [0.05, 0.1) is 0 Å². The van der Waals surface area contributed by atoms with Gasteiger partial charge in [-0.25, -0.2) is 0 Å². The number of hydrogen-bond acceptors (Lipinski definition) is 1. The van der Waals surface area contributed by atoms with E-state index in [0.717, 1.165) is 16.7 Å². The average Bonchev–Trinajstić information content (AvgIpc) is 3.09. The van der Waals surface area contributed by atoms with Gasteiger partial charge in [-0.3, -0.25) is 4.21 Å². The van der Waals surface area contributed by atoms with Crippen molar-refractivity contribution in [3.8, 4) is 0 Å². The molecule has 0 radical (unpaired) electrons. The van der Waals surface area contributed by atoms with Crippen molar-refractivity contribution >= 4 is 22.4 Å². The van der Waals surface area contributed by atoms with Gasteiger partial charge in [-0.15, -0.1) is 0 Å². The van der Waals surface area contributed by atoms with Crippen molar-refractivity contribution in [2.75, 3.05) is 5.75 Å². The fourth-order valence-corrected chi connectivity index (χ4v) is 3.54. The fraction of sp³-hybridized carbons (Fsp3) is 0.600. The molecule has 1 nitrogen and oxygen atoms in total. The van der Waals surface area contributed by atoms with Crippen LogP contribution in [0.25, 0.3) is 0 Å². The minimum atomic E-state index is -0.787. The summed E-state index contributed by atoms with van der Waals surface area (Å²) < 4.78 is 12.2. The summed E-state index contributed by atoms with van der Waals surface area (Å²) in [4.78, 5) is 0. The van der Waals surface area contributed by atoms with E-state index in [1.54, 1.807) is 0 Å². The SMILES string of the molecule is CC(C)(C)[S@](=O)CC(c1ccc(Cl)cc1)C1CC1. The van der Waals surface area contributed by atoms with Gasteiger partial charge in [0, 0.05) is 26.3 Å². The van der Waals surface area contributed by atoms with E-state index in [1.807, 2.05) is 12.1 Å². The molecule has 0 bridgehead atoms. The largest absolute Gasteiger partial charge is 0.259 e. The third-order valence-electron chi connectivity index (χ3n) is 3.50. The monoisotopic (exact) mass is 284 g/mol. The molecule has 1 aromatic rings. The van der Waals surface area contributed by atoms with Crippen LogP contribution in [0.3, 0.4) is 0 Å². The predicted octanol–water partition coefficient (Wildman–Crippen LogP) is 4.38. The zero-order chi connectivity index (χ0) is 13.3. The molecule has 100 valence electrons. The summed E-state index contributed by atoms with van der Waals surface area (Å²) in [6, 6.07) is 8.05. The second kappa shape index (κ2) is 5.34. The lowest BCUT2D eigenvalue weighted by molar-refractivity contribution is 0.618. The van der Waals surface area contributed by atoms with Crippen molar-refractivity contribution in [2.24, 2.45) is 5.92 Å². The van der Waals surface area contributed by atoms with Crippen molar-refractivity contribution in [1.29, 1.82) is 0 Å². The maximum atomic E-state index is 12.3. The van der Waals surface area contributed by atoms with Crippen molar-refractivity contribution < 1.29 is 4.21 Å². The van der Waals surface area contributed by atoms with Crippen molar-refractivity contribution in [1.82, 2.24) is 0 Å². The van der Waals surface area contributed by atoms with Gasteiger partial charge in [0.15, 0.2) is 0 Å². The normalized spacial score (nSPS) is 19.6. The van der Waals surface area contributed by atoms with Gasteiger partial charge in [-0.2, -0.15) is 0 Å². The summed E-state index contributed by atoms with van der Waals surface area (Å²) in [6.45, 7) is 6.15. The molecule has 0 spiro atoms. The Labute approximate surface area is 117 Å². The molecule has 0 aromatic heterocycles. The van der Waals surface area contributed by atoms with E-state index in [1.165, 1.54) is 18.4 Å². The van der Waals surface area contributed by atoms with Crippen molar-refractivity contribution in [2.45, 2.75) is 44.3 Å². The molecule has 1 unspecified atom stereocenters. The molecule has 0 N–H and O–H groups in total. The molecule has 18 heavy (non-hydrogen) atoms. The van der Waals surface area contributed by atoms with E-state index >= 15 is 0 Å². The Hall–Kier alpha value is -0.340. The first-order chi connectivity index (χ1) is 8.38. The van der Waals surface area contributed by atoms with E-state index in [-0.39, 0.29) is 4.75 Å². The quantitative estimate of drug-likeness (QED) is 0.802. The smallest absolute Gasteiger partial charge is 0.0406 e. The van der Waals surface area contributed by atoms with Crippen LogP contribution < -0.4 is 0 Å². The number of benzene rings is 1. The molecular weight excluding hydrogens is 264 g/mol. The Morgan fingerprint density at radius 2 is 1.83 bits per heavy atom. The summed E-state index contributed by atoms with van der Waals surface area (Å²) in [5.74, 6) is 1.93. The minimum Gasteiger partial charge on any atom is -0.259 e. The summed E-state index contributed by atoms with van der Waals surface area (Å²) in [7, 11) is -0.787. The van der Waals surface area contributed by atoms with Gasteiger partial charge in [-0.1, -0.05) is 23.7 Å². The predicted molar refractivity (Wildman–Crippen MR) is 79.7 cm³/mol. The molecule has 1 aliphatic carbocycles. The van der Waals surface area contributed by atoms with E-state index in [4.69, 9.17) is 11.6 Å². The molecule has 1 aliphatic rings. The third-order valence-corrected chi connectivity index (χ3v) is 5.78. The first-order valence-electron chi connectivity index (χ1n) is 6.52. The minimum absolute atomic E-state index is 0.125. The lowest BCUT2D eigenvalue weighted by atomic mass is 9.96. The highest BCUT2D eigenvalue weighted by Crippen LogP contribution is 2.43. The Kier molecular flexibility index (Phi) is 4.18. The molecule has 0 saturated heterocycles. The molecule has 0 amide bonds. The second-order valence-corrected chi connectivity index (χ2v) is 8.81. The third kappa shape index (κ3) is 3.58.